The van der Waals surface area contributed by atoms with Crippen molar-refractivity contribution in [3.63, 3.8) is 0 Å². The lowest BCUT2D eigenvalue weighted by Crippen LogP contribution is -2.69. The van der Waals surface area contributed by atoms with Gasteiger partial charge in [0.1, 0.15) is 37.4 Å². The van der Waals surface area contributed by atoms with Crippen LogP contribution in [0.25, 0.3) is 0 Å². The summed E-state index contributed by atoms with van der Waals surface area (Å²) in [6.07, 6.45) is 8.64. The van der Waals surface area contributed by atoms with Crippen molar-refractivity contribution in [3.05, 3.63) is 120 Å². The monoisotopic (exact) mass is 793 g/mol. The Kier molecular flexibility index (Phi) is 14.2. The van der Waals surface area contributed by atoms with E-state index in [9.17, 15) is 15.0 Å². The van der Waals surface area contributed by atoms with Gasteiger partial charge in [0, 0.05) is 57.8 Å². The van der Waals surface area contributed by atoms with Gasteiger partial charge in [0.15, 0.2) is 0 Å². The first-order valence-corrected chi connectivity index (χ1v) is 21.0. The Balaban J connectivity index is 1.35. The highest BCUT2D eigenvalue weighted by molar-refractivity contribution is 6.02. The van der Waals surface area contributed by atoms with Gasteiger partial charge in [-0.05, 0) is 72.4 Å². The summed E-state index contributed by atoms with van der Waals surface area (Å²) in [6.45, 7) is 8.51. The van der Waals surface area contributed by atoms with Gasteiger partial charge in [-0.1, -0.05) is 90.8 Å². The maximum Gasteiger partial charge on any atom is 0.410 e. The van der Waals surface area contributed by atoms with Gasteiger partial charge in [-0.25, -0.2) is 4.79 Å². The summed E-state index contributed by atoms with van der Waals surface area (Å²) in [4.78, 5) is 24.3. The zero-order valence-corrected chi connectivity index (χ0v) is 33.8. The summed E-state index contributed by atoms with van der Waals surface area (Å²) in [5.41, 5.74) is 4.61. The third-order valence-corrected chi connectivity index (χ3v) is 12.1. The van der Waals surface area contributed by atoms with Crippen molar-refractivity contribution >= 4 is 11.8 Å². The summed E-state index contributed by atoms with van der Waals surface area (Å²) >= 11 is 0. The smallest absolute Gasteiger partial charge is 0.410 e. The number of carbonyl (C=O) groups is 1. The molecular weight excluding hydrogens is 735 g/mol. The number of hydrogen-bond donors (Lipinski definition) is 2. The fourth-order valence-electron chi connectivity index (χ4n) is 9.11. The molecule has 2 fully saturated rings. The average molecular weight is 794 g/mol. The number of fused-ring (bicyclic) bond motifs is 2. The summed E-state index contributed by atoms with van der Waals surface area (Å²) in [5.74, 6) is -0.212. The van der Waals surface area contributed by atoms with Crippen LogP contribution in [0.3, 0.4) is 0 Å². The number of carbonyl (C=O) groups excluding carboxylic acids is 1. The molecule has 1 saturated carbocycles. The number of aliphatic hydroxyl groups excluding tert-OH is 2. The molecule has 7 rings (SSSR count). The molecule has 310 valence electrons. The first-order chi connectivity index (χ1) is 28.5. The molecule has 11 heteroatoms. The largest absolute Gasteiger partial charge is 0.492 e. The number of amides is 1. The van der Waals surface area contributed by atoms with Crippen LogP contribution in [0.2, 0.25) is 0 Å². The van der Waals surface area contributed by atoms with Gasteiger partial charge in [-0.3, -0.25) is 4.90 Å². The highest BCUT2D eigenvalue weighted by Crippen LogP contribution is 2.61. The number of rotatable bonds is 21. The topological polar surface area (TPSA) is 122 Å². The third-order valence-electron chi connectivity index (χ3n) is 12.1. The van der Waals surface area contributed by atoms with Gasteiger partial charge in [0.05, 0.1) is 18.2 Å². The lowest BCUT2D eigenvalue weighted by Gasteiger charge is -2.59. The molecule has 4 aliphatic rings. The SMILES string of the molecule is C=CCOC12Oc3ccc(OCCN4CC4)cc3C3C(CCCCO)C(CCCCO)C=C(C(=NOCc4ccccc4)CC1N(C)C(=O)OCc1ccccc1)C32. The van der Waals surface area contributed by atoms with Gasteiger partial charge in [0.2, 0.25) is 5.79 Å². The molecule has 11 nitrogen and oxygen atoms in total. The molecule has 2 aliphatic heterocycles. The van der Waals surface area contributed by atoms with Crippen LogP contribution in [0.5, 0.6) is 11.5 Å². The van der Waals surface area contributed by atoms with Crippen molar-refractivity contribution in [2.24, 2.45) is 22.9 Å². The average Bonchev–Trinajstić information content (AvgIpc) is 4.08. The normalized spacial score (nSPS) is 25.1. The predicted octanol–water partition coefficient (Wildman–Crippen LogP) is 7.48. The molecule has 3 aromatic carbocycles. The van der Waals surface area contributed by atoms with Crippen LogP contribution >= 0.6 is 0 Å². The van der Waals surface area contributed by atoms with E-state index in [1.165, 1.54) is 0 Å². The highest BCUT2D eigenvalue weighted by Gasteiger charge is 2.65. The zero-order valence-electron chi connectivity index (χ0n) is 33.8. The number of benzene rings is 3. The standard InChI is InChI=1S/C47H59N3O8/c1-3-27-56-47-43(49(2)46(53)55-32-34-14-6-4-7-15-34)31-41(48-57-33-35-16-8-5-9-17-35)39-29-36(18-10-12-25-51)38(19-11-13-26-52)44(45(39)47)40-30-37(20-21-42(40)58-47)54-28-24-50-22-23-50/h3-9,14-17,20-21,29-30,36,38,43-45,51-52H,1,10-13,18-19,22-28,31-33H2,2H3. The van der Waals surface area contributed by atoms with Gasteiger partial charge < -0.3 is 38.9 Å². The molecule has 1 saturated heterocycles. The van der Waals surface area contributed by atoms with E-state index in [0.717, 1.165) is 79.0 Å². The number of aliphatic hydroxyl groups is 2. The summed E-state index contributed by atoms with van der Waals surface area (Å²) in [6, 6.07) is 25.0. The summed E-state index contributed by atoms with van der Waals surface area (Å²) < 4.78 is 26.6. The quantitative estimate of drug-likeness (QED) is 0.0489. The Labute approximate surface area is 342 Å². The number of oxime groups is 1. The lowest BCUT2D eigenvalue weighted by molar-refractivity contribution is -0.253. The van der Waals surface area contributed by atoms with E-state index in [4.69, 9.17) is 28.9 Å². The fraction of sp³-hybridized carbons (Fsp3) is 0.489. The molecule has 0 radical (unpaired) electrons. The van der Waals surface area contributed by atoms with Crippen molar-refractivity contribution in [2.45, 2.75) is 75.9 Å². The van der Waals surface area contributed by atoms with E-state index in [0.29, 0.717) is 25.2 Å². The zero-order chi connectivity index (χ0) is 40.3. The minimum absolute atomic E-state index is 0.113. The Morgan fingerprint density at radius 1 is 0.966 bits per heavy atom. The minimum atomic E-state index is -1.36. The van der Waals surface area contributed by atoms with Gasteiger partial charge in [0.25, 0.3) is 0 Å². The van der Waals surface area contributed by atoms with E-state index in [1.54, 1.807) is 18.0 Å². The summed E-state index contributed by atoms with van der Waals surface area (Å²) in [7, 11) is 1.74. The maximum absolute atomic E-state index is 14.2. The van der Waals surface area contributed by atoms with Crippen molar-refractivity contribution in [1.29, 1.82) is 0 Å². The van der Waals surface area contributed by atoms with Gasteiger partial charge in [-0.15, -0.1) is 6.58 Å². The number of allylic oxidation sites excluding steroid dienone is 1. The second-order valence-electron chi connectivity index (χ2n) is 15.9. The molecule has 2 aliphatic carbocycles. The molecule has 6 unspecified atom stereocenters. The minimum Gasteiger partial charge on any atom is -0.492 e. The van der Waals surface area contributed by atoms with E-state index >= 15 is 0 Å². The van der Waals surface area contributed by atoms with Crippen LogP contribution in [-0.2, 0) is 27.5 Å². The Bertz CT molecular complexity index is 1870. The van der Waals surface area contributed by atoms with Gasteiger partial charge >= 0.3 is 6.09 Å². The first kappa shape index (κ1) is 41.5. The van der Waals surface area contributed by atoms with Crippen molar-refractivity contribution in [2.75, 3.05) is 53.1 Å². The molecule has 2 N–H and O–H groups in total. The third kappa shape index (κ3) is 9.60. The van der Waals surface area contributed by atoms with Crippen LogP contribution < -0.4 is 9.47 Å². The van der Waals surface area contributed by atoms with Crippen LogP contribution in [0.1, 0.15) is 67.6 Å². The second-order valence-corrected chi connectivity index (χ2v) is 15.9. The molecular formula is C47H59N3O8. The van der Waals surface area contributed by atoms with Crippen molar-refractivity contribution in [3.8, 4) is 11.5 Å². The molecule has 3 aromatic rings. The van der Waals surface area contributed by atoms with Crippen molar-refractivity contribution in [1.82, 2.24) is 9.80 Å². The van der Waals surface area contributed by atoms with Crippen LogP contribution in [0.4, 0.5) is 4.79 Å². The molecule has 58 heavy (non-hydrogen) atoms. The second kappa shape index (κ2) is 19.8. The number of nitrogens with zero attached hydrogens (tertiary/aromatic N) is 3. The highest BCUT2D eigenvalue weighted by atomic mass is 16.7. The van der Waals surface area contributed by atoms with Crippen LogP contribution in [-0.4, -0.2) is 96.8 Å². The number of ether oxygens (including phenoxy) is 4. The first-order valence-electron chi connectivity index (χ1n) is 21.0. The Hall–Kier alpha value is -4.68. The van der Waals surface area contributed by atoms with E-state index in [2.05, 4.69) is 23.6 Å². The molecule has 1 amide bonds. The molecule has 6 atom stereocenters. The fourth-order valence-corrected chi connectivity index (χ4v) is 9.11. The summed E-state index contributed by atoms with van der Waals surface area (Å²) in [5, 5.41) is 24.7. The van der Waals surface area contributed by atoms with Gasteiger partial charge in [-0.2, -0.15) is 0 Å². The number of hydrogen-bond acceptors (Lipinski definition) is 10. The number of unbranched alkanes of at least 4 members (excludes halogenated alkanes) is 2. The van der Waals surface area contributed by atoms with Crippen LogP contribution in [0, 0.1) is 17.8 Å². The maximum atomic E-state index is 14.2. The van der Waals surface area contributed by atoms with Crippen LogP contribution in [0.15, 0.2) is 108 Å². The predicted molar refractivity (Wildman–Crippen MR) is 223 cm³/mol. The Morgan fingerprint density at radius 2 is 1.67 bits per heavy atom. The molecule has 0 bridgehead atoms. The van der Waals surface area contributed by atoms with E-state index in [1.807, 2.05) is 72.8 Å². The van der Waals surface area contributed by atoms with E-state index in [-0.39, 0.29) is 57.2 Å². The molecule has 2 heterocycles. The van der Waals surface area contributed by atoms with Crippen molar-refractivity contribution < 1.29 is 38.8 Å². The van der Waals surface area contributed by atoms with E-state index < -0.39 is 23.8 Å². The molecule has 0 aromatic heterocycles. The molecule has 0 spiro atoms. The Morgan fingerprint density at radius 3 is 2.36 bits per heavy atom. The lowest BCUT2D eigenvalue weighted by atomic mass is 9.55. The number of likely N-dealkylation sites (N-methyl/N-ethyl adjacent to an activating group) is 1.